The second kappa shape index (κ2) is 15.0. The Morgan fingerprint density at radius 2 is 1.92 bits per heavy atom. The first kappa shape index (κ1) is 31.7. The van der Waals surface area contributed by atoms with Gasteiger partial charge in [-0.2, -0.15) is 12.6 Å². The highest BCUT2D eigenvalue weighted by Crippen LogP contribution is 2.28. The van der Waals surface area contributed by atoms with Crippen molar-refractivity contribution in [2.24, 2.45) is 11.6 Å². The summed E-state index contributed by atoms with van der Waals surface area (Å²) < 4.78 is 5.68. The summed E-state index contributed by atoms with van der Waals surface area (Å²) in [4.78, 5) is 2.17. The molecule has 0 saturated carbocycles. The number of nitrogens with zero attached hydrogens (tertiary/aromatic N) is 2. The summed E-state index contributed by atoms with van der Waals surface area (Å²) in [6.45, 7) is 3.18. The molecule has 0 fully saturated rings. The normalized spacial score (nSPS) is 15.6. The van der Waals surface area contributed by atoms with E-state index in [1.165, 1.54) is 5.01 Å². The Bertz CT molecular complexity index is 1000. The third-order valence-corrected chi connectivity index (χ3v) is 5.62. The highest BCUT2D eigenvalue weighted by molar-refractivity contribution is 7.79. The summed E-state index contributed by atoms with van der Waals surface area (Å²) in [5.74, 6) is 5.65. The van der Waals surface area contributed by atoms with Crippen LogP contribution in [0.3, 0.4) is 0 Å². The van der Waals surface area contributed by atoms with Gasteiger partial charge >= 0.3 is 0 Å². The first-order valence-electron chi connectivity index (χ1n) is 11.3. The lowest BCUT2D eigenvalue weighted by Crippen LogP contribution is -2.40. The lowest BCUT2D eigenvalue weighted by atomic mass is 9.82. The Morgan fingerprint density at radius 1 is 1.25 bits per heavy atom. The highest BCUT2D eigenvalue weighted by atomic mass is 32.1. The van der Waals surface area contributed by atoms with Gasteiger partial charge in [0.1, 0.15) is 27.0 Å². The summed E-state index contributed by atoms with van der Waals surface area (Å²) in [5, 5.41) is 21.4. The molecule has 0 aromatic heterocycles. The van der Waals surface area contributed by atoms with Crippen LogP contribution in [0.5, 0.6) is 5.75 Å². The Kier molecular flexibility index (Phi) is 13.2. The van der Waals surface area contributed by atoms with Crippen LogP contribution in [0.4, 0.5) is 5.69 Å². The average Bonchev–Trinajstić information content (AvgIpc) is 2.86. The van der Waals surface area contributed by atoms with Crippen LogP contribution < -0.4 is 21.3 Å². The number of rotatable bonds is 9. The molecule has 36 heavy (non-hydrogen) atoms. The number of aliphatic hydroxyl groups is 2. The fraction of sp³-hybridized carbons (Fsp3) is 0.385. The van der Waals surface area contributed by atoms with Crippen LogP contribution in [0.1, 0.15) is 31.9 Å². The van der Waals surface area contributed by atoms with Gasteiger partial charge in [-0.05, 0) is 43.4 Å². The molecule has 1 aliphatic rings. The fourth-order valence-electron chi connectivity index (χ4n) is 3.69. The van der Waals surface area contributed by atoms with E-state index in [0.717, 1.165) is 29.8 Å². The van der Waals surface area contributed by atoms with E-state index in [1.54, 1.807) is 25.4 Å². The Morgan fingerprint density at radius 3 is 2.53 bits per heavy atom. The van der Waals surface area contributed by atoms with E-state index < -0.39 is 11.5 Å². The summed E-state index contributed by atoms with van der Waals surface area (Å²) in [6, 6.07) is 15.0. The zero-order valence-corrected chi connectivity index (χ0v) is 21.2. The number of hydrogen-bond acceptors (Lipinski definition) is 8. The van der Waals surface area contributed by atoms with E-state index in [4.69, 9.17) is 32.0 Å². The number of ether oxygens (including phenoxy) is 1. The van der Waals surface area contributed by atoms with Crippen molar-refractivity contribution in [2.75, 3.05) is 31.0 Å². The summed E-state index contributed by atoms with van der Waals surface area (Å²) in [7, 11) is 11.4. The molecular weight excluding hydrogens is 470 g/mol. The Balaban J connectivity index is 0.00000211. The largest absolute Gasteiger partial charge is 0.510 e. The van der Waals surface area contributed by atoms with Crippen LogP contribution in [0, 0.1) is 0 Å². The van der Waals surface area contributed by atoms with Gasteiger partial charge in [-0.25, -0.2) is 5.84 Å². The molecule has 1 heterocycles. The van der Waals surface area contributed by atoms with Crippen molar-refractivity contribution in [3.63, 3.8) is 0 Å². The van der Waals surface area contributed by atoms with Gasteiger partial charge in [-0.3, -0.25) is 9.91 Å². The van der Waals surface area contributed by atoms with Crippen LogP contribution in [0.2, 0.25) is 0 Å². The molecule has 2 aromatic rings. The van der Waals surface area contributed by atoms with E-state index in [2.05, 4.69) is 17.5 Å². The van der Waals surface area contributed by atoms with Crippen molar-refractivity contribution in [3.8, 4) is 5.75 Å². The van der Waals surface area contributed by atoms with Crippen molar-refractivity contribution < 1.29 is 14.9 Å². The molecule has 7 nitrogen and oxygen atoms in total. The van der Waals surface area contributed by atoms with Crippen LogP contribution in [0.25, 0.3) is 5.70 Å². The lowest BCUT2D eigenvalue weighted by Gasteiger charge is -2.34. The van der Waals surface area contributed by atoms with Crippen LogP contribution in [-0.4, -0.2) is 68.3 Å². The number of hydrogen-bond donors (Lipinski definition) is 5. The maximum Gasteiger partial charge on any atom is 0.122 e. The number of aliphatic hydroxyl groups excluding tert-OH is 1. The van der Waals surface area contributed by atoms with Crippen molar-refractivity contribution in [2.45, 2.75) is 38.8 Å². The minimum atomic E-state index is -1.24. The minimum absolute atomic E-state index is 0. The number of para-hydroxylation sites is 1. The van der Waals surface area contributed by atoms with Gasteiger partial charge in [-0.15, -0.1) is 0 Å². The fourth-order valence-corrected chi connectivity index (χ4v) is 3.69. The quantitative estimate of drug-likeness (QED) is 0.116. The van der Waals surface area contributed by atoms with Gasteiger partial charge in [0, 0.05) is 42.9 Å². The zero-order chi connectivity index (χ0) is 26.0. The molecule has 0 aliphatic carbocycles. The Labute approximate surface area is 224 Å². The monoisotopic (exact) mass is 508 g/mol. The predicted molar refractivity (Wildman–Crippen MR) is 155 cm³/mol. The maximum atomic E-state index is 10.4. The number of benzene rings is 2. The summed E-state index contributed by atoms with van der Waals surface area (Å²) >= 11 is 3.53. The number of hydrazine groups is 1. The van der Waals surface area contributed by atoms with E-state index in [0.29, 0.717) is 30.1 Å². The zero-order valence-electron chi connectivity index (χ0n) is 20.3. The van der Waals surface area contributed by atoms with Gasteiger partial charge in [0.05, 0.1) is 18.0 Å². The third kappa shape index (κ3) is 8.94. The maximum absolute atomic E-state index is 10.4. The molecule has 1 atom stereocenters. The van der Waals surface area contributed by atoms with Crippen molar-refractivity contribution in [3.05, 3.63) is 77.5 Å². The van der Waals surface area contributed by atoms with Gasteiger partial charge in [0.15, 0.2) is 0 Å². The number of anilines is 1. The molecule has 0 saturated heterocycles. The minimum Gasteiger partial charge on any atom is -0.510 e. The van der Waals surface area contributed by atoms with Crippen molar-refractivity contribution >= 4 is 39.7 Å². The molecule has 4 radical (unpaired) electrons. The SMILES string of the molecule is C.CS.[B]C([B])Oc1cc(/C(N)=C/N(N)c2ccccc2)ccc1CN1CCC=C([C@](C)(O)CO)C1. The number of thiol groups is 1. The molecule has 0 amide bonds. The molecule has 0 spiro atoms. The molecule has 2 aromatic carbocycles. The van der Waals surface area contributed by atoms with Crippen molar-refractivity contribution in [1.29, 1.82) is 0 Å². The molecule has 1 aliphatic heterocycles. The first-order valence-corrected chi connectivity index (χ1v) is 12.2. The third-order valence-electron chi connectivity index (χ3n) is 5.62. The molecule has 10 heteroatoms. The smallest absolute Gasteiger partial charge is 0.122 e. The van der Waals surface area contributed by atoms with E-state index in [1.807, 2.05) is 48.5 Å². The molecule has 0 unspecified atom stereocenters. The predicted octanol–water partition coefficient (Wildman–Crippen LogP) is 2.38. The van der Waals surface area contributed by atoms with Crippen LogP contribution in [0.15, 0.2) is 66.4 Å². The molecule has 3 rings (SSSR count). The van der Waals surface area contributed by atoms with E-state index >= 15 is 0 Å². The topological polar surface area (TPSA) is 108 Å². The average molecular weight is 508 g/mol. The van der Waals surface area contributed by atoms with E-state index in [9.17, 15) is 10.2 Å². The summed E-state index contributed by atoms with van der Waals surface area (Å²) in [6.07, 6.45) is 6.09. The standard InChI is InChI=1S/C24H30B2N4O3.CH4S.CH4/c1-24(32,16-31)19-6-5-11-29(14-19)13-18-10-9-17(12-22(18)33-23(25)26)21(27)15-30(28)20-7-3-2-4-8-20;1-2;/h2-4,6-10,12,15,23,31-32H,5,11,13-14,16,27-28H2,1H3;2H,1H3;1H4/b21-15-;;/t24-;;/m1../s1. The molecule has 192 valence electrons. The van der Waals surface area contributed by atoms with Crippen LogP contribution >= 0.6 is 12.6 Å². The van der Waals surface area contributed by atoms with Gasteiger partial charge in [0.25, 0.3) is 0 Å². The summed E-state index contributed by atoms with van der Waals surface area (Å²) in [5.41, 5.74) is 8.69. The first-order chi connectivity index (χ1) is 16.7. The highest BCUT2D eigenvalue weighted by Gasteiger charge is 2.28. The van der Waals surface area contributed by atoms with Gasteiger partial charge in [0.2, 0.25) is 0 Å². The molecular formula is C26H38B2N4O3S. The second-order valence-corrected chi connectivity index (χ2v) is 8.39. The van der Waals surface area contributed by atoms with Crippen LogP contribution in [-0.2, 0) is 6.54 Å². The molecule has 6 N–H and O–H groups in total. The van der Waals surface area contributed by atoms with Crippen molar-refractivity contribution in [1.82, 2.24) is 4.90 Å². The lowest BCUT2D eigenvalue weighted by molar-refractivity contribution is 0.0247. The van der Waals surface area contributed by atoms with Gasteiger partial charge in [-0.1, -0.05) is 43.8 Å². The molecule has 0 bridgehead atoms. The van der Waals surface area contributed by atoms with Gasteiger partial charge < -0.3 is 20.7 Å². The number of nitrogens with two attached hydrogens (primary N) is 2. The van der Waals surface area contributed by atoms with E-state index in [-0.39, 0.29) is 14.0 Å². The Hall–Kier alpha value is -2.36. The second-order valence-electron chi connectivity index (χ2n) is 8.39.